The van der Waals surface area contributed by atoms with Gasteiger partial charge in [-0.3, -0.25) is 0 Å². The predicted octanol–water partition coefficient (Wildman–Crippen LogP) is 4.18. The molecule has 0 radical (unpaired) electrons. The van der Waals surface area contributed by atoms with Crippen LogP contribution in [-0.4, -0.2) is 5.11 Å². The molecule has 0 aliphatic carbocycles. The third-order valence-electron chi connectivity index (χ3n) is 2.76. The lowest BCUT2D eigenvalue weighted by Gasteiger charge is -2.07. The highest BCUT2D eigenvalue weighted by Gasteiger charge is 2.01. The van der Waals surface area contributed by atoms with Crippen molar-refractivity contribution in [2.24, 2.45) is 0 Å². The maximum atomic E-state index is 9.42. The molecule has 0 unspecified atom stereocenters. The van der Waals surface area contributed by atoms with E-state index in [0.717, 1.165) is 11.1 Å². The standard InChI is InChI=1S/C15H16O/c1-11(2)12-6-8-13(9-7-12)14-4-3-5-15(16)10-14/h3-11,16H,1-2H3. The number of aromatic hydroxyl groups is 1. The van der Waals surface area contributed by atoms with Crippen molar-refractivity contribution in [2.75, 3.05) is 0 Å². The second-order valence-corrected chi connectivity index (χ2v) is 4.33. The Morgan fingerprint density at radius 3 is 2.12 bits per heavy atom. The van der Waals surface area contributed by atoms with Gasteiger partial charge in [0.05, 0.1) is 0 Å². The quantitative estimate of drug-likeness (QED) is 0.791. The molecule has 0 aliphatic heterocycles. The summed E-state index contributed by atoms with van der Waals surface area (Å²) < 4.78 is 0. The fourth-order valence-electron chi connectivity index (χ4n) is 1.75. The van der Waals surface area contributed by atoms with Crippen LogP contribution in [0.4, 0.5) is 0 Å². The molecule has 0 heterocycles. The highest BCUT2D eigenvalue weighted by molar-refractivity contribution is 5.65. The molecule has 0 saturated carbocycles. The van der Waals surface area contributed by atoms with E-state index in [1.807, 2.05) is 12.1 Å². The lowest BCUT2D eigenvalue weighted by molar-refractivity contribution is 0.475. The molecule has 2 aromatic rings. The van der Waals surface area contributed by atoms with E-state index < -0.39 is 0 Å². The van der Waals surface area contributed by atoms with E-state index in [2.05, 4.69) is 38.1 Å². The SMILES string of the molecule is CC(C)c1ccc(-c2cccc(O)c2)cc1. The third kappa shape index (κ3) is 2.25. The number of phenolic OH excluding ortho intramolecular Hbond substituents is 1. The largest absolute Gasteiger partial charge is 0.508 e. The van der Waals surface area contributed by atoms with Crippen LogP contribution in [0.3, 0.4) is 0 Å². The molecule has 16 heavy (non-hydrogen) atoms. The first-order valence-electron chi connectivity index (χ1n) is 5.56. The summed E-state index contributed by atoms with van der Waals surface area (Å²) in [5.41, 5.74) is 3.53. The minimum absolute atomic E-state index is 0.311. The lowest BCUT2D eigenvalue weighted by Crippen LogP contribution is -1.86. The Bertz CT molecular complexity index is 469. The van der Waals surface area contributed by atoms with Gasteiger partial charge < -0.3 is 5.11 Å². The summed E-state index contributed by atoms with van der Waals surface area (Å²) in [4.78, 5) is 0. The Labute approximate surface area is 96.4 Å². The number of benzene rings is 2. The van der Waals surface area contributed by atoms with Gasteiger partial charge in [-0.15, -0.1) is 0 Å². The first kappa shape index (κ1) is 10.7. The van der Waals surface area contributed by atoms with Crippen LogP contribution in [-0.2, 0) is 0 Å². The zero-order chi connectivity index (χ0) is 11.5. The molecule has 0 saturated heterocycles. The van der Waals surface area contributed by atoms with Gasteiger partial charge in [0.15, 0.2) is 0 Å². The predicted molar refractivity (Wildman–Crippen MR) is 67.6 cm³/mol. The third-order valence-corrected chi connectivity index (χ3v) is 2.76. The zero-order valence-corrected chi connectivity index (χ0v) is 9.64. The van der Waals surface area contributed by atoms with E-state index in [1.54, 1.807) is 12.1 Å². The topological polar surface area (TPSA) is 20.2 Å². The highest BCUT2D eigenvalue weighted by Crippen LogP contribution is 2.25. The lowest BCUT2D eigenvalue weighted by atomic mass is 9.99. The molecule has 1 N–H and O–H groups in total. The van der Waals surface area contributed by atoms with Gasteiger partial charge in [0.2, 0.25) is 0 Å². The molecule has 1 heteroatoms. The molecular formula is C15H16O. The van der Waals surface area contributed by atoms with E-state index in [9.17, 15) is 5.11 Å². The Morgan fingerprint density at radius 2 is 1.56 bits per heavy atom. The summed E-state index contributed by atoms with van der Waals surface area (Å²) in [7, 11) is 0. The summed E-state index contributed by atoms with van der Waals surface area (Å²) >= 11 is 0. The fraction of sp³-hybridized carbons (Fsp3) is 0.200. The number of rotatable bonds is 2. The van der Waals surface area contributed by atoms with Crippen molar-refractivity contribution >= 4 is 0 Å². The normalized spacial score (nSPS) is 10.7. The summed E-state index contributed by atoms with van der Waals surface area (Å²) in [5, 5.41) is 9.42. The van der Waals surface area contributed by atoms with Crippen LogP contribution in [0.2, 0.25) is 0 Å². The van der Waals surface area contributed by atoms with Crippen molar-refractivity contribution < 1.29 is 5.11 Å². The van der Waals surface area contributed by atoms with Gasteiger partial charge >= 0.3 is 0 Å². The van der Waals surface area contributed by atoms with Crippen LogP contribution in [0.15, 0.2) is 48.5 Å². The van der Waals surface area contributed by atoms with Crippen LogP contribution in [0, 0.1) is 0 Å². The number of hydrogen-bond donors (Lipinski definition) is 1. The van der Waals surface area contributed by atoms with Crippen molar-refractivity contribution in [2.45, 2.75) is 19.8 Å². The van der Waals surface area contributed by atoms with Crippen molar-refractivity contribution in [1.29, 1.82) is 0 Å². The first-order valence-corrected chi connectivity index (χ1v) is 5.56. The van der Waals surface area contributed by atoms with Gasteiger partial charge in [-0.2, -0.15) is 0 Å². The monoisotopic (exact) mass is 212 g/mol. The first-order chi connectivity index (χ1) is 7.66. The Balaban J connectivity index is 2.35. The summed E-state index contributed by atoms with van der Waals surface area (Å²) in [5.74, 6) is 0.865. The summed E-state index contributed by atoms with van der Waals surface area (Å²) in [6, 6.07) is 15.8. The molecule has 82 valence electrons. The Morgan fingerprint density at radius 1 is 0.875 bits per heavy atom. The summed E-state index contributed by atoms with van der Waals surface area (Å²) in [6.07, 6.45) is 0. The Kier molecular flexibility index (Phi) is 2.95. The molecule has 2 aromatic carbocycles. The maximum Gasteiger partial charge on any atom is 0.116 e. The molecule has 0 aromatic heterocycles. The van der Waals surface area contributed by atoms with Crippen LogP contribution in [0.5, 0.6) is 5.75 Å². The van der Waals surface area contributed by atoms with Gasteiger partial charge in [0.25, 0.3) is 0 Å². The molecular weight excluding hydrogens is 196 g/mol. The van der Waals surface area contributed by atoms with Crippen LogP contribution in [0.25, 0.3) is 11.1 Å². The second kappa shape index (κ2) is 4.40. The van der Waals surface area contributed by atoms with Crippen LogP contribution < -0.4 is 0 Å². The van der Waals surface area contributed by atoms with Crippen molar-refractivity contribution in [1.82, 2.24) is 0 Å². The van der Waals surface area contributed by atoms with Crippen molar-refractivity contribution in [3.8, 4) is 16.9 Å². The second-order valence-electron chi connectivity index (χ2n) is 4.33. The molecule has 0 spiro atoms. The van der Waals surface area contributed by atoms with E-state index in [-0.39, 0.29) is 0 Å². The van der Waals surface area contributed by atoms with Gasteiger partial charge in [-0.25, -0.2) is 0 Å². The zero-order valence-electron chi connectivity index (χ0n) is 9.64. The fourth-order valence-corrected chi connectivity index (χ4v) is 1.75. The van der Waals surface area contributed by atoms with E-state index in [4.69, 9.17) is 0 Å². The number of hydrogen-bond acceptors (Lipinski definition) is 1. The van der Waals surface area contributed by atoms with Crippen molar-refractivity contribution in [3.05, 3.63) is 54.1 Å². The molecule has 1 nitrogen and oxygen atoms in total. The smallest absolute Gasteiger partial charge is 0.116 e. The Hall–Kier alpha value is -1.76. The van der Waals surface area contributed by atoms with Gasteiger partial charge in [0.1, 0.15) is 5.75 Å². The van der Waals surface area contributed by atoms with Crippen molar-refractivity contribution in [3.63, 3.8) is 0 Å². The molecule has 2 rings (SSSR count). The van der Waals surface area contributed by atoms with Gasteiger partial charge in [-0.05, 0) is 34.7 Å². The summed E-state index contributed by atoms with van der Waals surface area (Å²) in [6.45, 7) is 4.37. The van der Waals surface area contributed by atoms with Crippen LogP contribution >= 0.6 is 0 Å². The maximum absolute atomic E-state index is 9.42. The number of phenols is 1. The minimum atomic E-state index is 0.311. The van der Waals surface area contributed by atoms with Crippen LogP contribution in [0.1, 0.15) is 25.3 Å². The van der Waals surface area contributed by atoms with Gasteiger partial charge in [0, 0.05) is 0 Å². The molecule has 0 aliphatic rings. The van der Waals surface area contributed by atoms with E-state index >= 15 is 0 Å². The average Bonchev–Trinajstić information content (AvgIpc) is 2.29. The molecule has 0 amide bonds. The highest BCUT2D eigenvalue weighted by atomic mass is 16.3. The molecule has 0 fully saturated rings. The van der Waals surface area contributed by atoms with E-state index in [1.165, 1.54) is 5.56 Å². The molecule has 0 bridgehead atoms. The molecule has 0 atom stereocenters. The average molecular weight is 212 g/mol. The minimum Gasteiger partial charge on any atom is -0.508 e. The van der Waals surface area contributed by atoms with Gasteiger partial charge in [-0.1, -0.05) is 50.2 Å². The van der Waals surface area contributed by atoms with E-state index in [0.29, 0.717) is 11.7 Å².